The SMILES string of the molecule is O=C(CCC1CCN(C2Cc3ccccc3C2)C1)NC(Cc1ccc2c(c1)OCCO2)CN1CCCC1. The lowest BCUT2D eigenvalue weighted by molar-refractivity contribution is -0.122. The van der Waals surface area contributed by atoms with Crippen molar-refractivity contribution in [1.82, 2.24) is 15.1 Å². The minimum Gasteiger partial charge on any atom is -0.486 e. The number of hydrogen-bond acceptors (Lipinski definition) is 5. The molecule has 1 amide bonds. The monoisotopic (exact) mass is 503 g/mol. The normalized spacial score (nSPS) is 22.8. The number of benzene rings is 2. The van der Waals surface area contributed by atoms with Crippen molar-refractivity contribution in [2.45, 2.75) is 63.5 Å². The highest BCUT2D eigenvalue weighted by atomic mass is 16.6. The molecule has 2 saturated heterocycles. The zero-order valence-electron chi connectivity index (χ0n) is 22.0. The number of amides is 1. The van der Waals surface area contributed by atoms with Crippen molar-refractivity contribution in [1.29, 1.82) is 0 Å². The van der Waals surface area contributed by atoms with E-state index in [2.05, 4.69) is 51.5 Å². The van der Waals surface area contributed by atoms with Crippen molar-refractivity contribution in [2.75, 3.05) is 45.9 Å². The molecule has 0 saturated carbocycles. The Morgan fingerprint density at radius 2 is 1.73 bits per heavy atom. The Morgan fingerprint density at radius 3 is 2.51 bits per heavy atom. The van der Waals surface area contributed by atoms with Crippen molar-refractivity contribution in [3.63, 3.8) is 0 Å². The number of rotatable bonds is 9. The molecule has 2 aromatic rings. The van der Waals surface area contributed by atoms with Crippen LogP contribution in [0.1, 0.15) is 48.8 Å². The van der Waals surface area contributed by atoms with Crippen molar-refractivity contribution in [3.05, 3.63) is 59.2 Å². The van der Waals surface area contributed by atoms with Crippen LogP contribution in [0.2, 0.25) is 0 Å². The molecule has 0 spiro atoms. The summed E-state index contributed by atoms with van der Waals surface area (Å²) in [5.41, 5.74) is 4.24. The van der Waals surface area contributed by atoms with Crippen molar-refractivity contribution >= 4 is 5.91 Å². The number of fused-ring (bicyclic) bond motifs is 2. The molecule has 6 rings (SSSR count). The maximum absolute atomic E-state index is 13.1. The van der Waals surface area contributed by atoms with E-state index in [9.17, 15) is 4.79 Å². The second-order valence-electron chi connectivity index (χ2n) is 11.5. The predicted octanol–water partition coefficient (Wildman–Crippen LogP) is 3.85. The molecule has 4 aliphatic rings. The van der Waals surface area contributed by atoms with Crippen LogP contribution in [0, 0.1) is 5.92 Å². The van der Waals surface area contributed by atoms with Gasteiger partial charge in [-0.25, -0.2) is 0 Å². The Morgan fingerprint density at radius 1 is 0.973 bits per heavy atom. The molecule has 3 aliphatic heterocycles. The Bertz CT molecular complexity index is 1060. The van der Waals surface area contributed by atoms with Crippen LogP contribution in [-0.4, -0.2) is 73.7 Å². The van der Waals surface area contributed by atoms with Gasteiger partial charge in [-0.05, 0) is 99.3 Å². The average molecular weight is 504 g/mol. The maximum Gasteiger partial charge on any atom is 0.220 e. The van der Waals surface area contributed by atoms with Crippen LogP contribution in [0.15, 0.2) is 42.5 Å². The summed E-state index contributed by atoms with van der Waals surface area (Å²) in [5.74, 6) is 2.48. The first kappa shape index (κ1) is 24.7. The molecule has 2 unspecified atom stereocenters. The second kappa shape index (κ2) is 11.4. The van der Waals surface area contributed by atoms with Crippen LogP contribution in [0.25, 0.3) is 0 Å². The van der Waals surface area contributed by atoms with E-state index >= 15 is 0 Å². The lowest BCUT2D eigenvalue weighted by atomic mass is 10.0. The molecule has 2 aromatic carbocycles. The van der Waals surface area contributed by atoms with E-state index in [1.165, 1.54) is 55.3 Å². The molecule has 2 atom stereocenters. The maximum atomic E-state index is 13.1. The second-order valence-corrected chi connectivity index (χ2v) is 11.5. The van der Waals surface area contributed by atoms with E-state index in [0.29, 0.717) is 31.6 Å². The van der Waals surface area contributed by atoms with E-state index in [1.807, 2.05) is 6.07 Å². The lowest BCUT2D eigenvalue weighted by Gasteiger charge is -2.26. The number of nitrogens with zero attached hydrogens (tertiary/aromatic N) is 2. The summed E-state index contributed by atoms with van der Waals surface area (Å²) in [7, 11) is 0. The van der Waals surface area contributed by atoms with E-state index in [4.69, 9.17) is 9.47 Å². The highest BCUT2D eigenvalue weighted by molar-refractivity contribution is 5.76. The molecule has 37 heavy (non-hydrogen) atoms. The zero-order chi connectivity index (χ0) is 25.0. The Labute approximate surface area is 221 Å². The molecular weight excluding hydrogens is 462 g/mol. The van der Waals surface area contributed by atoms with Crippen LogP contribution in [-0.2, 0) is 24.1 Å². The molecule has 198 valence electrons. The van der Waals surface area contributed by atoms with Crippen LogP contribution in [0.4, 0.5) is 0 Å². The number of likely N-dealkylation sites (tertiary alicyclic amines) is 2. The molecule has 6 heteroatoms. The molecule has 6 nitrogen and oxygen atoms in total. The van der Waals surface area contributed by atoms with Gasteiger partial charge in [-0.1, -0.05) is 30.3 Å². The van der Waals surface area contributed by atoms with Crippen LogP contribution in [0.3, 0.4) is 0 Å². The first-order valence-electron chi connectivity index (χ1n) is 14.4. The molecule has 1 N–H and O–H groups in total. The standard InChI is InChI=1S/C31H41N3O3/c35-31(10-8-23-11-14-34(21-23)28-19-25-5-1-2-6-26(25)20-28)32-27(22-33-12-3-4-13-33)17-24-7-9-29-30(18-24)37-16-15-36-29/h1-2,5-7,9,18,23,27-28H,3-4,8,10-17,19-22H2,(H,32,35). The summed E-state index contributed by atoms with van der Waals surface area (Å²) in [6.07, 6.45) is 8.53. The molecule has 3 heterocycles. The number of carbonyl (C=O) groups is 1. The van der Waals surface area contributed by atoms with Gasteiger partial charge >= 0.3 is 0 Å². The molecular formula is C31H41N3O3. The van der Waals surface area contributed by atoms with E-state index < -0.39 is 0 Å². The fourth-order valence-electron chi connectivity index (χ4n) is 6.80. The van der Waals surface area contributed by atoms with Gasteiger partial charge in [0.25, 0.3) is 0 Å². The highest BCUT2D eigenvalue weighted by Gasteiger charge is 2.32. The Balaban J connectivity index is 1.00. The Kier molecular flexibility index (Phi) is 7.65. The lowest BCUT2D eigenvalue weighted by Crippen LogP contribution is -2.44. The van der Waals surface area contributed by atoms with Crippen LogP contribution in [0.5, 0.6) is 11.5 Å². The third-order valence-electron chi connectivity index (χ3n) is 8.77. The summed E-state index contributed by atoms with van der Waals surface area (Å²) in [4.78, 5) is 18.3. The molecule has 0 radical (unpaired) electrons. The Hall–Kier alpha value is -2.57. The van der Waals surface area contributed by atoms with Crippen LogP contribution < -0.4 is 14.8 Å². The number of ether oxygens (including phenoxy) is 2. The molecule has 0 bridgehead atoms. The molecule has 2 fully saturated rings. The minimum absolute atomic E-state index is 0.116. The molecule has 0 aromatic heterocycles. The largest absolute Gasteiger partial charge is 0.486 e. The van der Waals surface area contributed by atoms with Gasteiger partial charge in [0.15, 0.2) is 11.5 Å². The summed E-state index contributed by atoms with van der Waals surface area (Å²) in [5, 5.41) is 3.41. The van der Waals surface area contributed by atoms with Gasteiger partial charge in [0.1, 0.15) is 13.2 Å². The fraction of sp³-hybridized carbons (Fsp3) is 0.581. The quantitative estimate of drug-likeness (QED) is 0.563. The molecule has 1 aliphatic carbocycles. The van der Waals surface area contributed by atoms with Gasteiger partial charge in [-0.15, -0.1) is 0 Å². The van der Waals surface area contributed by atoms with Crippen molar-refractivity contribution in [3.8, 4) is 11.5 Å². The van der Waals surface area contributed by atoms with Gasteiger partial charge < -0.3 is 19.7 Å². The van der Waals surface area contributed by atoms with E-state index in [-0.39, 0.29) is 11.9 Å². The first-order chi connectivity index (χ1) is 18.2. The first-order valence-corrected chi connectivity index (χ1v) is 14.4. The van der Waals surface area contributed by atoms with Gasteiger partial charge in [0.05, 0.1) is 0 Å². The summed E-state index contributed by atoms with van der Waals surface area (Å²) >= 11 is 0. The van der Waals surface area contributed by atoms with Crippen molar-refractivity contribution < 1.29 is 14.3 Å². The topological polar surface area (TPSA) is 54.0 Å². The third kappa shape index (κ3) is 6.12. The smallest absolute Gasteiger partial charge is 0.220 e. The van der Waals surface area contributed by atoms with Crippen molar-refractivity contribution in [2.24, 2.45) is 5.92 Å². The third-order valence-corrected chi connectivity index (χ3v) is 8.77. The van der Waals surface area contributed by atoms with Gasteiger partial charge in [-0.3, -0.25) is 9.69 Å². The predicted molar refractivity (Wildman–Crippen MR) is 145 cm³/mol. The summed E-state index contributed by atoms with van der Waals surface area (Å²) in [6.45, 7) is 6.70. The number of carbonyl (C=O) groups excluding carboxylic acids is 1. The highest BCUT2D eigenvalue weighted by Crippen LogP contribution is 2.32. The fourth-order valence-corrected chi connectivity index (χ4v) is 6.80. The average Bonchev–Trinajstić information content (AvgIpc) is 3.68. The van der Waals surface area contributed by atoms with Gasteiger partial charge in [-0.2, -0.15) is 0 Å². The number of hydrogen-bond donors (Lipinski definition) is 1. The van der Waals surface area contributed by atoms with E-state index in [1.54, 1.807) is 0 Å². The summed E-state index contributed by atoms with van der Waals surface area (Å²) < 4.78 is 11.5. The van der Waals surface area contributed by atoms with Gasteiger partial charge in [0, 0.05) is 31.6 Å². The zero-order valence-corrected chi connectivity index (χ0v) is 22.0. The number of nitrogens with one attached hydrogen (secondary N) is 1. The minimum atomic E-state index is 0.116. The van der Waals surface area contributed by atoms with Gasteiger partial charge in [0.2, 0.25) is 5.91 Å². The van der Waals surface area contributed by atoms with E-state index in [0.717, 1.165) is 50.5 Å². The van der Waals surface area contributed by atoms with Crippen LogP contribution >= 0.6 is 0 Å². The summed E-state index contributed by atoms with van der Waals surface area (Å²) in [6, 6.07) is 15.9.